The molecule has 0 bridgehead atoms. The van der Waals surface area contributed by atoms with Gasteiger partial charge in [0, 0.05) is 66.8 Å². The zero-order chi connectivity index (χ0) is 37.8. The Morgan fingerprint density at radius 3 is 2.24 bits per heavy atom. The summed E-state index contributed by atoms with van der Waals surface area (Å²) in [5.41, 5.74) is 1.71. The van der Waals surface area contributed by atoms with Gasteiger partial charge in [-0.2, -0.15) is 0 Å². The van der Waals surface area contributed by atoms with Gasteiger partial charge in [-0.05, 0) is 73.7 Å². The van der Waals surface area contributed by atoms with E-state index in [-0.39, 0.29) is 32.2 Å². The topological polar surface area (TPSA) is 190 Å². The molecule has 0 radical (unpaired) electrons. The van der Waals surface area contributed by atoms with Crippen LogP contribution in [0.1, 0.15) is 70.3 Å². The van der Waals surface area contributed by atoms with Gasteiger partial charge in [-0.25, -0.2) is 21.4 Å². The molecule has 0 amide bonds. The SMILES string of the molecule is COCC[N+](CCOC)=c1ccc2c(/C=C3\N(CCCS(=O)(=O)[O-])c4ccc(S(=O)(=O)[O-])cc4C3(C)CCCC(=O)O)cc(C(C)(C)C)oc-2c1. The Morgan fingerprint density at radius 2 is 1.67 bits per heavy atom. The first-order valence-corrected chi connectivity index (χ1v) is 19.7. The molecule has 0 saturated carbocycles. The van der Waals surface area contributed by atoms with Gasteiger partial charge in [0.05, 0.1) is 21.1 Å². The molecule has 13 nitrogen and oxygen atoms in total. The van der Waals surface area contributed by atoms with E-state index >= 15 is 0 Å². The molecule has 0 saturated heterocycles. The monoisotopic (exact) mass is 747 g/mol. The van der Waals surface area contributed by atoms with Crippen LogP contribution in [0.4, 0.5) is 5.69 Å². The summed E-state index contributed by atoms with van der Waals surface area (Å²) in [6.45, 7) is 10.2. The summed E-state index contributed by atoms with van der Waals surface area (Å²) < 4.78 is 90.6. The van der Waals surface area contributed by atoms with Crippen molar-refractivity contribution in [3.05, 3.63) is 70.4 Å². The minimum Gasteiger partial charge on any atom is -0.748 e. The molecule has 15 heteroatoms. The third-order valence-electron chi connectivity index (χ3n) is 9.15. The lowest BCUT2D eigenvalue weighted by Crippen LogP contribution is -2.35. The number of hydrogen-bond acceptors (Lipinski definition) is 11. The molecule has 1 atom stereocenters. The summed E-state index contributed by atoms with van der Waals surface area (Å²) in [4.78, 5) is 13.0. The standard InChI is InChI=1S/C36H48N2O11S2/c1-35(2,3)33-22-25(28-12-10-26(23-31(28)49-33)37(16-18-47-5)17-19-48-6)21-32-36(4,14-7-9-34(39)40)29-24-27(51(44,45)46)11-13-30(29)38(32)15-8-20-50(41,42)43/h10-13,21-24H,7-9,14-20H2,1-6H3,(H2-,39,40,41,42,43,44,45,46)/p-1. The van der Waals surface area contributed by atoms with Gasteiger partial charge < -0.3 is 33.0 Å². The van der Waals surface area contributed by atoms with Gasteiger partial charge in [-0.15, -0.1) is 0 Å². The molecule has 1 unspecified atom stereocenters. The van der Waals surface area contributed by atoms with Crippen LogP contribution in [0.5, 0.6) is 0 Å². The lowest BCUT2D eigenvalue weighted by Gasteiger charge is -2.31. The Hall–Kier alpha value is -3.60. The first kappa shape index (κ1) is 40.2. The van der Waals surface area contributed by atoms with Crippen molar-refractivity contribution < 1.29 is 49.7 Å². The van der Waals surface area contributed by atoms with Crippen molar-refractivity contribution in [2.24, 2.45) is 0 Å². The fourth-order valence-electron chi connectivity index (χ4n) is 6.45. The Morgan fingerprint density at radius 1 is 1.00 bits per heavy atom. The third kappa shape index (κ3) is 9.84. The first-order chi connectivity index (χ1) is 23.8. The number of allylic oxidation sites excluding steroid dienone is 1. The first-order valence-electron chi connectivity index (χ1n) is 16.7. The minimum absolute atomic E-state index is 0.0321. The second-order valence-corrected chi connectivity index (χ2v) is 16.9. The van der Waals surface area contributed by atoms with Gasteiger partial charge in [-0.1, -0.05) is 20.8 Å². The largest absolute Gasteiger partial charge is 0.748 e. The third-order valence-corrected chi connectivity index (χ3v) is 10.8. The van der Waals surface area contributed by atoms with E-state index in [4.69, 9.17) is 13.9 Å². The number of benzene rings is 2. The maximum Gasteiger partial charge on any atom is 0.303 e. The Kier molecular flexibility index (Phi) is 12.6. The van der Waals surface area contributed by atoms with Gasteiger partial charge in [0.2, 0.25) is 5.36 Å². The Bertz CT molecular complexity index is 2020. The minimum atomic E-state index is -4.85. The average molecular weight is 748 g/mol. The van der Waals surface area contributed by atoms with Crippen molar-refractivity contribution in [1.29, 1.82) is 0 Å². The van der Waals surface area contributed by atoms with Crippen LogP contribution in [0, 0.1) is 0 Å². The summed E-state index contributed by atoms with van der Waals surface area (Å²) in [6, 6.07) is 11.8. The summed E-state index contributed by atoms with van der Waals surface area (Å²) in [7, 11) is -6.11. The number of methoxy groups -OCH3 is 2. The van der Waals surface area contributed by atoms with E-state index in [9.17, 15) is 35.8 Å². The zero-order valence-electron chi connectivity index (χ0n) is 29.9. The molecule has 0 fully saturated rings. The van der Waals surface area contributed by atoms with Crippen LogP contribution in [0.15, 0.2) is 57.5 Å². The van der Waals surface area contributed by atoms with E-state index in [1.807, 2.05) is 62.9 Å². The number of hydrogen-bond donors (Lipinski definition) is 1. The molecule has 0 aromatic heterocycles. The van der Waals surface area contributed by atoms with E-state index in [0.29, 0.717) is 54.8 Å². The molecule has 1 aliphatic carbocycles. The fraction of sp³-hybridized carbons (Fsp3) is 0.500. The normalized spacial score (nSPS) is 17.3. The van der Waals surface area contributed by atoms with Crippen molar-refractivity contribution in [3.8, 4) is 11.3 Å². The van der Waals surface area contributed by atoms with Crippen LogP contribution < -0.4 is 14.8 Å². The molecular formula is C36H47N2O11S2-. The lowest BCUT2D eigenvalue weighted by molar-refractivity contribution is -0.137. The number of nitrogens with zero attached hydrogens (tertiary/aromatic N) is 2. The molecule has 1 aromatic carbocycles. The number of carboxylic acids is 1. The van der Waals surface area contributed by atoms with Crippen LogP contribution in [-0.2, 0) is 45.3 Å². The summed E-state index contributed by atoms with van der Waals surface area (Å²) in [6.07, 6.45) is 2.23. The lowest BCUT2D eigenvalue weighted by atomic mass is 9.76. The molecule has 4 rings (SSSR count). The summed E-state index contributed by atoms with van der Waals surface area (Å²) >= 11 is 0. The van der Waals surface area contributed by atoms with E-state index in [1.54, 1.807) is 14.2 Å². The van der Waals surface area contributed by atoms with Crippen LogP contribution in [0.25, 0.3) is 17.4 Å². The van der Waals surface area contributed by atoms with Crippen molar-refractivity contribution in [1.82, 2.24) is 4.58 Å². The maximum atomic E-state index is 12.2. The zero-order valence-corrected chi connectivity index (χ0v) is 31.6. The highest BCUT2D eigenvalue weighted by atomic mass is 32.2. The van der Waals surface area contributed by atoms with Crippen LogP contribution >= 0.6 is 0 Å². The average Bonchev–Trinajstić information content (AvgIpc) is 3.25. The number of fused-ring (bicyclic) bond motifs is 2. The second kappa shape index (κ2) is 16.0. The molecule has 1 N–H and O–H groups in total. The van der Waals surface area contributed by atoms with Crippen LogP contribution in [-0.4, -0.2) is 89.8 Å². The molecule has 1 aromatic rings. The highest BCUT2D eigenvalue weighted by Crippen LogP contribution is 2.52. The van der Waals surface area contributed by atoms with Crippen molar-refractivity contribution in [2.45, 2.75) is 69.1 Å². The predicted octanol–water partition coefficient (Wildman–Crippen LogP) is 3.96. The number of carbonyl (C=O) groups is 1. The van der Waals surface area contributed by atoms with Gasteiger partial charge in [0.25, 0.3) is 0 Å². The van der Waals surface area contributed by atoms with Crippen molar-refractivity contribution in [3.63, 3.8) is 0 Å². The number of anilines is 1. The predicted molar refractivity (Wildman–Crippen MR) is 191 cm³/mol. The maximum absolute atomic E-state index is 12.2. The Labute approximate surface area is 300 Å². The highest BCUT2D eigenvalue weighted by Gasteiger charge is 2.44. The molecular weight excluding hydrogens is 701 g/mol. The summed E-state index contributed by atoms with van der Waals surface area (Å²) in [5, 5.41) is 10.4. The van der Waals surface area contributed by atoms with E-state index in [1.165, 1.54) is 18.2 Å². The van der Waals surface area contributed by atoms with E-state index in [2.05, 4.69) is 4.58 Å². The molecule has 3 aliphatic rings. The number of carboxylic acid groups (broad SMARTS) is 1. The fourth-order valence-corrected chi connectivity index (χ4v) is 7.43. The number of rotatable bonds is 16. The van der Waals surface area contributed by atoms with E-state index in [0.717, 1.165) is 16.5 Å². The molecule has 51 heavy (non-hydrogen) atoms. The van der Waals surface area contributed by atoms with Gasteiger partial charge in [-0.3, -0.25) is 4.79 Å². The number of ether oxygens (including phenoxy) is 2. The quantitative estimate of drug-likeness (QED) is 0.164. The highest BCUT2D eigenvalue weighted by molar-refractivity contribution is 7.86. The van der Waals surface area contributed by atoms with Crippen molar-refractivity contribution >= 4 is 38.0 Å². The van der Waals surface area contributed by atoms with Crippen LogP contribution in [0.2, 0.25) is 0 Å². The van der Waals surface area contributed by atoms with Crippen LogP contribution in [0.3, 0.4) is 0 Å². The molecule has 280 valence electrons. The second-order valence-electron chi connectivity index (χ2n) is 14.0. The number of aliphatic carboxylic acids is 1. The smallest absolute Gasteiger partial charge is 0.303 e. The molecule has 0 spiro atoms. The molecule has 2 aliphatic heterocycles. The molecule has 2 heterocycles. The van der Waals surface area contributed by atoms with Crippen molar-refractivity contribution in [2.75, 3.05) is 57.7 Å². The summed E-state index contributed by atoms with van der Waals surface area (Å²) in [5.74, 6) is -0.353. The Balaban J connectivity index is 2.03. The van der Waals surface area contributed by atoms with Gasteiger partial charge in [0.1, 0.15) is 34.9 Å². The van der Waals surface area contributed by atoms with E-state index < -0.39 is 47.7 Å². The van der Waals surface area contributed by atoms with Gasteiger partial charge in [0.15, 0.2) is 13.1 Å². The van der Waals surface area contributed by atoms with Gasteiger partial charge >= 0.3 is 5.97 Å².